The molecule has 0 amide bonds. The second-order valence-electron chi connectivity index (χ2n) is 5.91. The van der Waals surface area contributed by atoms with E-state index in [0.29, 0.717) is 17.8 Å². The van der Waals surface area contributed by atoms with Crippen molar-refractivity contribution in [2.24, 2.45) is 5.92 Å². The SMILES string of the molecule is CC1CCN(CCCNc2cc(C#N)ccc2[N+](=O)[O-])CC1. The molecule has 1 aromatic carbocycles. The Kier molecular flexibility index (Phi) is 5.73. The molecule has 2 rings (SSSR count). The van der Waals surface area contributed by atoms with Crippen LogP contribution in [-0.2, 0) is 0 Å². The number of nitrogens with one attached hydrogen (secondary N) is 1. The molecular weight excluding hydrogens is 280 g/mol. The van der Waals surface area contributed by atoms with Gasteiger partial charge in [-0.1, -0.05) is 6.92 Å². The number of piperidine rings is 1. The van der Waals surface area contributed by atoms with Crippen molar-refractivity contribution < 1.29 is 4.92 Å². The van der Waals surface area contributed by atoms with Crippen LogP contribution in [0.4, 0.5) is 11.4 Å². The van der Waals surface area contributed by atoms with Crippen LogP contribution >= 0.6 is 0 Å². The largest absolute Gasteiger partial charge is 0.379 e. The van der Waals surface area contributed by atoms with Gasteiger partial charge in [-0.25, -0.2) is 0 Å². The minimum absolute atomic E-state index is 0.0193. The molecule has 6 nitrogen and oxygen atoms in total. The van der Waals surface area contributed by atoms with E-state index in [9.17, 15) is 10.1 Å². The first-order chi connectivity index (χ1) is 10.6. The number of nitro benzene ring substituents is 1. The molecule has 0 spiro atoms. The van der Waals surface area contributed by atoms with Crippen LogP contribution in [0.25, 0.3) is 0 Å². The molecule has 1 aliphatic heterocycles. The lowest BCUT2D eigenvalue weighted by molar-refractivity contribution is -0.384. The van der Waals surface area contributed by atoms with E-state index < -0.39 is 4.92 Å². The molecule has 1 aromatic rings. The fourth-order valence-corrected chi connectivity index (χ4v) is 2.72. The molecular formula is C16H22N4O2. The van der Waals surface area contributed by atoms with Gasteiger partial charge in [-0.05, 0) is 56.9 Å². The lowest BCUT2D eigenvalue weighted by Crippen LogP contribution is -2.34. The highest BCUT2D eigenvalue weighted by atomic mass is 16.6. The fraction of sp³-hybridized carbons (Fsp3) is 0.562. The summed E-state index contributed by atoms with van der Waals surface area (Å²) in [6.07, 6.45) is 3.44. The smallest absolute Gasteiger partial charge is 0.292 e. The Labute approximate surface area is 130 Å². The van der Waals surface area contributed by atoms with Crippen LogP contribution in [-0.4, -0.2) is 36.0 Å². The van der Waals surface area contributed by atoms with E-state index in [1.165, 1.54) is 25.0 Å². The lowest BCUT2D eigenvalue weighted by atomic mass is 9.99. The standard InChI is InChI=1S/C16H22N4O2/c1-13-5-9-19(10-6-13)8-2-7-18-15-11-14(12-17)3-4-16(15)20(21)22/h3-4,11,13,18H,2,5-10H2,1H3. The van der Waals surface area contributed by atoms with E-state index in [2.05, 4.69) is 17.1 Å². The maximum absolute atomic E-state index is 11.0. The molecule has 22 heavy (non-hydrogen) atoms. The third-order valence-corrected chi connectivity index (χ3v) is 4.17. The van der Waals surface area contributed by atoms with Crippen molar-refractivity contribution >= 4 is 11.4 Å². The van der Waals surface area contributed by atoms with Gasteiger partial charge >= 0.3 is 0 Å². The minimum Gasteiger partial charge on any atom is -0.379 e. The Hall–Kier alpha value is -2.13. The summed E-state index contributed by atoms with van der Waals surface area (Å²) in [5, 5.41) is 23.0. The summed E-state index contributed by atoms with van der Waals surface area (Å²) < 4.78 is 0. The number of nitrogens with zero attached hydrogens (tertiary/aromatic N) is 3. The van der Waals surface area contributed by atoms with E-state index in [1.54, 1.807) is 6.07 Å². The zero-order chi connectivity index (χ0) is 15.9. The number of nitriles is 1. The van der Waals surface area contributed by atoms with Gasteiger partial charge in [-0.2, -0.15) is 5.26 Å². The van der Waals surface area contributed by atoms with E-state index in [1.807, 2.05) is 6.07 Å². The highest BCUT2D eigenvalue weighted by molar-refractivity contribution is 5.64. The highest BCUT2D eigenvalue weighted by Gasteiger charge is 2.16. The zero-order valence-electron chi connectivity index (χ0n) is 12.9. The molecule has 1 saturated heterocycles. The number of anilines is 1. The maximum Gasteiger partial charge on any atom is 0.292 e. The summed E-state index contributed by atoms with van der Waals surface area (Å²) in [5.41, 5.74) is 0.875. The van der Waals surface area contributed by atoms with Crippen LogP contribution in [0.3, 0.4) is 0 Å². The van der Waals surface area contributed by atoms with E-state index in [0.717, 1.165) is 32.0 Å². The molecule has 0 saturated carbocycles. The summed E-state index contributed by atoms with van der Waals surface area (Å²) in [6, 6.07) is 6.40. The zero-order valence-corrected chi connectivity index (χ0v) is 12.9. The number of benzene rings is 1. The Morgan fingerprint density at radius 1 is 1.45 bits per heavy atom. The molecule has 6 heteroatoms. The molecule has 0 radical (unpaired) electrons. The van der Waals surface area contributed by atoms with Gasteiger partial charge in [-0.15, -0.1) is 0 Å². The van der Waals surface area contributed by atoms with Gasteiger partial charge < -0.3 is 10.2 Å². The number of hydrogen-bond donors (Lipinski definition) is 1. The van der Waals surface area contributed by atoms with Crippen LogP contribution in [0.1, 0.15) is 31.7 Å². The van der Waals surface area contributed by atoms with E-state index in [4.69, 9.17) is 5.26 Å². The monoisotopic (exact) mass is 302 g/mol. The van der Waals surface area contributed by atoms with Crippen LogP contribution in [0.2, 0.25) is 0 Å². The molecule has 1 heterocycles. The summed E-state index contributed by atoms with van der Waals surface area (Å²) in [7, 11) is 0. The molecule has 1 fully saturated rings. The Balaban J connectivity index is 1.83. The second kappa shape index (κ2) is 7.76. The molecule has 0 aromatic heterocycles. The van der Waals surface area contributed by atoms with Crippen LogP contribution in [0.15, 0.2) is 18.2 Å². The molecule has 0 aliphatic carbocycles. The lowest BCUT2D eigenvalue weighted by Gasteiger charge is -2.30. The average molecular weight is 302 g/mol. The predicted octanol–water partition coefficient (Wildman–Crippen LogP) is 3.00. The van der Waals surface area contributed by atoms with Crippen LogP contribution in [0.5, 0.6) is 0 Å². The summed E-state index contributed by atoms with van der Waals surface area (Å²) in [5.74, 6) is 0.825. The average Bonchev–Trinajstić information content (AvgIpc) is 2.52. The Morgan fingerprint density at radius 2 is 2.18 bits per heavy atom. The van der Waals surface area contributed by atoms with Crippen molar-refractivity contribution in [2.45, 2.75) is 26.2 Å². The van der Waals surface area contributed by atoms with Gasteiger partial charge in [-0.3, -0.25) is 10.1 Å². The predicted molar refractivity (Wildman–Crippen MR) is 85.8 cm³/mol. The van der Waals surface area contributed by atoms with Crippen molar-refractivity contribution in [3.8, 4) is 6.07 Å². The van der Waals surface area contributed by atoms with Crippen LogP contribution < -0.4 is 5.32 Å². The van der Waals surface area contributed by atoms with Crippen molar-refractivity contribution in [3.05, 3.63) is 33.9 Å². The molecule has 118 valence electrons. The van der Waals surface area contributed by atoms with Crippen molar-refractivity contribution in [3.63, 3.8) is 0 Å². The van der Waals surface area contributed by atoms with E-state index >= 15 is 0 Å². The molecule has 1 N–H and O–H groups in total. The number of nitro groups is 1. The van der Waals surface area contributed by atoms with E-state index in [-0.39, 0.29) is 5.69 Å². The molecule has 0 bridgehead atoms. The number of hydrogen-bond acceptors (Lipinski definition) is 5. The third-order valence-electron chi connectivity index (χ3n) is 4.17. The fourth-order valence-electron chi connectivity index (χ4n) is 2.72. The van der Waals surface area contributed by atoms with Gasteiger partial charge in [0.15, 0.2) is 0 Å². The van der Waals surface area contributed by atoms with Crippen molar-refractivity contribution in [2.75, 3.05) is 31.5 Å². The van der Waals surface area contributed by atoms with Gasteiger partial charge in [0.1, 0.15) is 5.69 Å². The second-order valence-corrected chi connectivity index (χ2v) is 5.91. The van der Waals surface area contributed by atoms with Gasteiger partial charge in [0.25, 0.3) is 5.69 Å². The Morgan fingerprint density at radius 3 is 2.82 bits per heavy atom. The molecule has 0 unspecified atom stereocenters. The first-order valence-electron chi connectivity index (χ1n) is 7.75. The normalized spacial score (nSPS) is 16.2. The topological polar surface area (TPSA) is 82.2 Å². The highest BCUT2D eigenvalue weighted by Crippen LogP contribution is 2.25. The number of likely N-dealkylation sites (tertiary alicyclic amines) is 1. The Bertz CT molecular complexity index is 560. The minimum atomic E-state index is -0.421. The maximum atomic E-state index is 11.0. The summed E-state index contributed by atoms with van der Waals surface area (Å²) in [4.78, 5) is 13.0. The van der Waals surface area contributed by atoms with Gasteiger partial charge in [0, 0.05) is 12.6 Å². The number of rotatable bonds is 6. The molecule has 0 atom stereocenters. The third kappa shape index (κ3) is 4.43. The quantitative estimate of drug-likeness (QED) is 0.496. The van der Waals surface area contributed by atoms with Gasteiger partial charge in [0.2, 0.25) is 0 Å². The first-order valence-corrected chi connectivity index (χ1v) is 7.75. The first kappa shape index (κ1) is 16.2. The van der Waals surface area contributed by atoms with Crippen molar-refractivity contribution in [1.29, 1.82) is 5.26 Å². The van der Waals surface area contributed by atoms with Crippen LogP contribution in [0, 0.1) is 27.4 Å². The summed E-state index contributed by atoms with van der Waals surface area (Å²) in [6.45, 7) is 6.25. The van der Waals surface area contributed by atoms with Gasteiger partial charge in [0.05, 0.1) is 16.6 Å². The summed E-state index contributed by atoms with van der Waals surface area (Å²) >= 11 is 0. The van der Waals surface area contributed by atoms with Crippen molar-refractivity contribution in [1.82, 2.24) is 4.90 Å². The molecule has 1 aliphatic rings.